The van der Waals surface area contributed by atoms with Crippen LogP contribution >= 0.6 is 11.8 Å². The molecular formula is C15H27NOS. The van der Waals surface area contributed by atoms with E-state index in [1.54, 1.807) is 0 Å². The van der Waals surface area contributed by atoms with E-state index in [-0.39, 0.29) is 5.60 Å². The molecule has 1 saturated heterocycles. The highest BCUT2D eigenvalue weighted by atomic mass is 32.2. The van der Waals surface area contributed by atoms with Crippen molar-refractivity contribution in [2.75, 3.05) is 19.4 Å². The van der Waals surface area contributed by atoms with Crippen LogP contribution in [0.5, 0.6) is 0 Å². The van der Waals surface area contributed by atoms with Crippen molar-refractivity contribution in [3.05, 3.63) is 0 Å². The van der Waals surface area contributed by atoms with Crippen LogP contribution in [-0.4, -0.2) is 35.8 Å². The Balaban J connectivity index is 1.50. The van der Waals surface area contributed by atoms with Gasteiger partial charge in [0.1, 0.15) is 0 Å². The van der Waals surface area contributed by atoms with E-state index in [0.717, 1.165) is 6.61 Å². The molecule has 104 valence electrons. The van der Waals surface area contributed by atoms with Crippen LogP contribution in [0.1, 0.15) is 57.8 Å². The quantitative estimate of drug-likeness (QED) is 0.845. The molecular weight excluding hydrogens is 242 g/mol. The van der Waals surface area contributed by atoms with Crippen LogP contribution < -0.4 is 5.32 Å². The van der Waals surface area contributed by atoms with Gasteiger partial charge in [-0.15, -0.1) is 0 Å². The van der Waals surface area contributed by atoms with E-state index in [4.69, 9.17) is 4.74 Å². The van der Waals surface area contributed by atoms with Crippen LogP contribution in [0.3, 0.4) is 0 Å². The Kier molecular flexibility index (Phi) is 3.93. The summed E-state index contributed by atoms with van der Waals surface area (Å²) in [5, 5.41) is 3.88. The second-order valence-corrected chi connectivity index (χ2v) is 7.82. The average molecular weight is 269 g/mol. The van der Waals surface area contributed by atoms with E-state index in [2.05, 4.69) is 23.3 Å². The van der Waals surface area contributed by atoms with E-state index < -0.39 is 0 Å². The molecule has 3 heteroatoms. The Labute approximate surface area is 116 Å². The molecule has 3 fully saturated rings. The van der Waals surface area contributed by atoms with Gasteiger partial charge in [-0.05, 0) is 51.2 Å². The fourth-order valence-corrected chi connectivity index (χ4v) is 4.85. The molecule has 3 aliphatic rings. The summed E-state index contributed by atoms with van der Waals surface area (Å²) in [6.07, 6.45) is 14.4. The molecule has 2 saturated carbocycles. The Bertz CT molecular complexity index is 284. The van der Waals surface area contributed by atoms with E-state index in [1.807, 2.05) is 0 Å². The van der Waals surface area contributed by atoms with Crippen LogP contribution in [0, 0.1) is 0 Å². The molecule has 0 radical (unpaired) electrons. The van der Waals surface area contributed by atoms with Crippen molar-refractivity contribution in [1.82, 2.24) is 5.32 Å². The van der Waals surface area contributed by atoms with Gasteiger partial charge in [0, 0.05) is 23.9 Å². The summed E-state index contributed by atoms with van der Waals surface area (Å²) in [5.74, 6) is 0. The van der Waals surface area contributed by atoms with Crippen LogP contribution in [0.2, 0.25) is 0 Å². The molecule has 1 N–H and O–H groups in total. The molecule has 1 aliphatic heterocycles. The van der Waals surface area contributed by atoms with Crippen molar-refractivity contribution in [3.8, 4) is 0 Å². The lowest BCUT2D eigenvalue weighted by atomic mass is 9.74. The van der Waals surface area contributed by atoms with Gasteiger partial charge < -0.3 is 10.1 Å². The van der Waals surface area contributed by atoms with Crippen molar-refractivity contribution in [3.63, 3.8) is 0 Å². The molecule has 3 rings (SSSR count). The van der Waals surface area contributed by atoms with Crippen LogP contribution in [0.4, 0.5) is 0 Å². The average Bonchev–Trinajstić information content (AvgIpc) is 2.84. The molecule has 2 aliphatic carbocycles. The van der Waals surface area contributed by atoms with Crippen molar-refractivity contribution in [2.45, 2.75) is 74.2 Å². The summed E-state index contributed by atoms with van der Waals surface area (Å²) < 4.78 is 6.56. The predicted molar refractivity (Wildman–Crippen MR) is 78.3 cm³/mol. The van der Waals surface area contributed by atoms with Gasteiger partial charge in [0.25, 0.3) is 0 Å². The van der Waals surface area contributed by atoms with E-state index in [0.29, 0.717) is 10.8 Å². The zero-order valence-electron chi connectivity index (χ0n) is 11.7. The highest BCUT2D eigenvalue weighted by molar-refractivity contribution is 8.00. The Morgan fingerprint density at radius 3 is 2.56 bits per heavy atom. The lowest BCUT2D eigenvalue weighted by Crippen LogP contribution is -2.52. The Morgan fingerprint density at radius 1 is 1.17 bits per heavy atom. The van der Waals surface area contributed by atoms with E-state index in [1.165, 1.54) is 64.3 Å². The highest BCUT2D eigenvalue weighted by Crippen LogP contribution is 2.43. The summed E-state index contributed by atoms with van der Waals surface area (Å²) in [6, 6.07) is 0.712. The van der Waals surface area contributed by atoms with Crippen molar-refractivity contribution in [1.29, 1.82) is 0 Å². The maximum Gasteiger partial charge on any atom is 0.0697 e. The first-order chi connectivity index (χ1) is 8.76. The minimum Gasteiger partial charge on any atom is -0.375 e. The monoisotopic (exact) mass is 269 g/mol. The van der Waals surface area contributed by atoms with Crippen LogP contribution in [0.25, 0.3) is 0 Å². The largest absolute Gasteiger partial charge is 0.375 e. The first-order valence-corrected chi connectivity index (χ1v) is 8.91. The molecule has 0 bridgehead atoms. The van der Waals surface area contributed by atoms with Crippen molar-refractivity contribution >= 4 is 11.8 Å². The first-order valence-electron chi connectivity index (χ1n) is 7.69. The maximum atomic E-state index is 6.01. The zero-order valence-corrected chi connectivity index (χ0v) is 12.5. The van der Waals surface area contributed by atoms with Gasteiger partial charge in [0.15, 0.2) is 0 Å². The van der Waals surface area contributed by atoms with Crippen LogP contribution in [-0.2, 0) is 4.74 Å². The second-order valence-electron chi connectivity index (χ2n) is 6.55. The third kappa shape index (κ3) is 2.59. The molecule has 1 atom stereocenters. The smallest absolute Gasteiger partial charge is 0.0697 e. The van der Waals surface area contributed by atoms with Gasteiger partial charge in [-0.1, -0.05) is 12.8 Å². The minimum absolute atomic E-state index is 0.290. The second kappa shape index (κ2) is 5.34. The molecule has 18 heavy (non-hydrogen) atoms. The molecule has 2 nitrogen and oxygen atoms in total. The third-order valence-electron chi connectivity index (χ3n) is 5.42. The molecule has 0 aromatic carbocycles. The summed E-state index contributed by atoms with van der Waals surface area (Å²) in [6.45, 7) is 2.19. The molecule has 1 unspecified atom stereocenters. The number of ether oxygens (including phenoxy) is 1. The minimum atomic E-state index is 0.290. The summed E-state index contributed by atoms with van der Waals surface area (Å²) in [4.78, 5) is 0. The standard InChI is InChI=1S/C15H27NOS/c1-18-15(8-2-3-9-15)12-16-13-5-10-17-14(11-13)6-4-7-14/h13,16H,2-12H2,1H3. The summed E-state index contributed by atoms with van der Waals surface area (Å²) >= 11 is 2.09. The first kappa shape index (κ1) is 13.3. The summed E-state index contributed by atoms with van der Waals surface area (Å²) in [7, 11) is 0. The number of hydrogen-bond donors (Lipinski definition) is 1. The molecule has 1 heterocycles. The number of thioether (sulfide) groups is 1. The fraction of sp³-hybridized carbons (Fsp3) is 1.00. The van der Waals surface area contributed by atoms with Gasteiger partial charge in [-0.25, -0.2) is 0 Å². The molecule has 0 aromatic heterocycles. The predicted octanol–water partition coefficient (Wildman–Crippen LogP) is 3.35. The Hall–Kier alpha value is 0.270. The van der Waals surface area contributed by atoms with E-state index in [9.17, 15) is 0 Å². The number of hydrogen-bond acceptors (Lipinski definition) is 3. The lowest BCUT2D eigenvalue weighted by Gasteiger charge is -2.47. The van der Waals surface area contributed by atoms with E-state index >= 15 is 0 Å². The van der Waals surface area contributed by atoms with Crippen molar-refractivity contribution < 1.29 is 4.74 Å². The van der Waals surface area contributed by atoms with Gasteiger partial charge in [-0.3, -0.25) is 0 Å². The van der Waals surface area contributed by atoms with Gasteiger partial charge in [0.2, 0.25) is 0 Å². The number of rotatable bonds is 4. The topological polar surface area (TPSA) is 21.3 Å². The van der Waals surface area contributed by atoms with Crippen LogP contribution in [0.15, 0.2) is 0 Å². The van der Waals surface area contributed by atoms with Gasteiger partial charge in [-0.2, -0.15) is 11.8 Å². The normalized spacial score (nSPS) is 33.5. The zero-order chi connectivity index (χ0) is 12.5. The molecule has 1 spiro atoms. The third-order valence-corrected chi connectivity index (χ3v) is 6.84. The number of nitrogens with one attached hydrogen (secondary N) is 1. The molecule has 0 aromatic rings. The summed E-state index contributed by atoms with van der Waals surface area (Å²) in [5.41, 5.74) is 0.290. The lowest BCUT2D eigenvalue weighted by molar-refractivity contribution is -0.135. The highest BCUT2D eigenvalue weighted by Gasteiger charge is 2.43. The Morgan fingerprint density at radius 2 is 1.94 bits per heavy atom. The molecule has 0 amide bonds. The SMILES string of the molecule is CSC1(CNC2CCOC3(CCC3)C2)CCCC1. The fourth-order valence-electron chi connectivity index (χ4n) is 3.92. The van der Waals surface area contributed by atoms with Gasteiger partial charge in [0.05, 0.1) is 5.60 Å². The maximum absolute atomic E-state index is 6.01. The van der Waals surface area contributed by atoms with Crippen molar-refractivity contribution in [2.24, 2.45) is 0 Å². The van der Waals surface area contributed by atoms with Gasteiger partial charge >= 0.3 is 0 Å².